The third-order valence-corrected chi connectivity index (χ3v) is 5.54. The zero-order valence-corrected chi connectivity index (χ0v) is 18.3. The first-order chi connectivity index (χ1) is 15.1. The van der Waals surface area contributed by atoms with Gasteiger partial charge in [0.2, 0.25) is 0 Å². The van der Waals surface area contributed by atoms with Crippen molar-refractivity contribution >= 4 is 16.9 Å². The quantitative estimate of drug-likeness (QED) is 0.319. The molecule has 3 N–H and O–H groups in total. The molecular formula is C24H29N7. The molecule has 7 heteroatoms. The fourth-order valence-electron chi connectivity index (χ4n) is 3.66. The lowest BCUT2D eigenvalue weighted by molar-refractivity contribution is 0.713. The summed E-state index contributed by atoms with van der Waals surface area (Å²) in [6, 6.07) is 16.6. The predicted molar refractivity (Wildman–Crippen MR) is 125 cm³/mol. The number of aryl methyl sites for hydroxylation is 2. The van der Waals surface area contributed by atoms with Gasteiger partial charge >= 0.3 is 0 Å². The highest BCUT2D eigenvalue weighted by atomic mass is 15.3. The van der Waals surface area contributed by atoms with Gasteiger partial charge in [-0.25, -0.2) is 4.99 Å². The number of nitrogens with one attached hydrogen (secondary N) is 3. The molecule has 0 amide bonds. The van der Waals surface area contributed by atoms with Crippen LogP contribution in [0.5, 0.6) is 0 Å². The Hall–Kier alpha value is -3.61. The van der Waals surface area contributed by atoms with E-state index in [4.69, 9.17) is 4.99 Å². The van der Waals surface area contributed by atoms with Gasteiger partial charge in [0.05, 0.1) is 13.1 Å². The van der Waals surface area contributed by atoms with Crippen molar-refractivity contribution in [1.82, 2.24) is 30.4 Å². The second kappa shape index (κ2) is 9.47. The normalized spacial score (nSPS) is 11.8. The Bertz CT molecular complexity index is 1170. The lowest BCUT2D eigenvalue weighted by Gasteiger charge is -2.13. The van der Waals surface area contributed by atoms with Gasteiger partial charge in [0.1, 0.15) is 5.82 Å². The molecule has 4 rings (SSSR count). The minimum absolute atomic E-state index is 0.560. The average Bonchev–Trinajstić information content (AvgIpc) is 3.35. The van der Waals surface area contributed by atoms with Crippen molar-refractivity contribution in [2.45, 2.75) is 33.4 Å². The van der Waals surface area contributed by atoms with Crippen LogP contribution in [-0.2, 0) is 26.6 Å². The van der Waals surface area contributed by atoms with E-state index in [0.717, 1.165) is 30.6 Å². The standard InChI is InChI=1S/C24H29N7/c1-17-8-7-11-21-23(17)20(15-26-21)12-13-25-24(27-14-19-9-5-4-6-10-19)28-16-22-30-29-18(2)31(22)3/h4-11,15,26H,12-14,16H2,1-3H3,(H2,25,27,28). The van der Waals surface area contributed by atoms with Gasteiger partial charge in [-0.3, -0.25) is 0 Å². The van der Waals surface area contributed by atoms with Gasteiger partial charge in [0, 0.05) is 30.7 Å². The van der Waals surface area contributed by atoms with E-state index in [2.05, 4.69) is 69.3 Å². The molecule has 0 aliphatic carbocycles. The Morgan fingerprint density at radius 2 is 1.87 bits per heavy atom. The number of aromatic amines is 1. The molecule has 4 aromatic rings. The number of aromatic nitrogens is 4. The summed E-state index contributed by atoms with van der Waals surface area (Å²) in [5, 5.41) is 16.6. The number of guanidine groups is 1. The number of nitrogens with zero attached hydrogens (tertiary/aromatic N) is 4. The topological polar surface area (TPSA) is 82.9 Å². The van der Waals surface area contributed by atoms with Gasteiger partial charge in [-0.15, -0.1) is 10.2 Å². The fourth-order valence-corrected chi connectivity index (χ4v) is 3.66. The van der Waals surface area contributed by atoms with Gasteiger partial charge in [-0.2, -0.15) is 0 Å². The van der Waals surface area contributed by atoms with Gasteiger partial charge in [0.25, 0.3) is 0 Å². The molecule has 0 unspecified atom stereocenters. The van der Waals surface area contributed by atoms with Gasteiger partial charge in [-0.05, 0) is 43.0 Å². The highest BCUT2D eigenvalue weighted by Gasteiger charge is 2.08. The first kappa shape index (κ1) is 20.7. The summed E-state index contributed by atoms with van der Waals surface area (Å²) in [5.41, 5.74) is 4.96. The maximum absolute atomic E-state index is 4.77. The first-order valence-corrected chi connectivity index (χ1v) is 10.6. The van der Waals surface area contributed by atoms with E-state index in [1.165, 1.54) is 27.6 Å². The number of benzene rings is 2. The Morgan fingerprint density at radius 1 is 1.03 bits per heavy atom. The monoisotopic (exact) mass is 415 g/mol. The molecule has 0 fully saturated rings. The molecule has 0 saturated carbocycles. The molecule has 31 heavy (non-hydrogen) atoms. The van der Waals surface area contributed by atoms with Crippen LogP contribution in [0.25, 0.3) is 10.9 Å². The Morgan fingerprint density at radius 3 is 2.65 bits per heavy atom. The van der Waals surface area contributed by atoms with Crippen LogP contribution in [0.3, 0.4) is 0 Å². The number of aliphatic imine (C=N–C) groups is 1. The molecule has 0 radical (unpaired) electrons. The zero-order valence-electron chi connectivity index (χ0n) is 18.3. The van der Waals surface area contributed by atoms with Crippen LogP contribution >= 0.6 is 0 Å². The van der Waals surface area contributed by atoms with Gasteiger partial charge in [0.15, 0.2) is 11.8 Å². The summed E-state index contributed by atoms with van der Waals surface area (Å²) in [5.74, 6) is 2.53. The fraction of sp³-hybridized carbons (Fsp3) is 0.292. The van der Waals surface area contributed by atoms with Gasteiger partial charge < -0.3 is 20.2 Å². The van der Waals surface area contributed by atoms with E-state index in [9.17, 15) is 0 Å². The number of hydrogen-bond acceptors (Lipinski definition) is 3. The van der Waals surface area contributed by atoms with Crippen molar-refractivity contribution in [3.63, 3.8) is 0 Å². The highest BCUT2D eigenvalue weighted by molar-refractivity contribution is 5.86. The molecule has 2 heterocycles. The molecule has 0 aliphatic rings. The SMILES string of the molecule is Cc1cccc2[nH]cc(CCNC(=NCc3ccccc3)NCc3nnc(C)n3C)c12. The second-order valence-corrected chi connectivity index (χ2v) is 7.71. The molecule has 2 aromatic heterocycles. The summed E-state index contributed by atoms with van der Waals surface area (Å²) in [4.78, 5) is 8.15. The minimum Gasteiger partial charge on any atom is -0.361 e. The lowest BCUT2D eigenvalue weighted by atomic mass is 10.1. The van der Waals surface area contributed by atoms with E-state index in [1.54, 1.807) is 0 Å². The largest absolute Gasteiger partial charge is 0.361 e. The second-order valence-electron chi connectivity index (χ2n) is 7.71. The van der Waals surface area contributed by atoms with E-state index in [-0.39, 0.29) is 0 Å². The number of fused-ring (bicyclic) bond motifs is 1. The molecule has 160 valence electrons. The van der Waals surface area contributed by atoms with Crippen molar-refractivity contribution in [3.8, 4) is 0 Å². The molecule has 0 atom stereocenters. The van der Waals surface area contributed by atoms with Crippen molar-refractivity contribution in [1.29, 1.82) is 0 Å². The molecule has 0 bridgehead atoms. The molecule has 0 aliphatic heterocycles. The van der Waals surface area contributed by atoms with Crippen molar-refractivity contribution in [3.05, 3.63) is 83.1 Å². The zero-order chi connectivity index (χ0) is 21.6. The van der Waals surface area contributed by atoms with E-state index >= 15 is 0 Å². The molecule has 2 aromatic carbocycles. The highest BCUT2D eigenvalue weighted by Crippen LogP contribution is 2.22. The maximum Gasteiger partial charge on any atom is 0.191 e. The predicted octanol–water partition coefficient (Wildman–Crippen LogP) is 3.39. The number of H-pyrrole nitrogens is 1. The third kappa shape index (κ3) is 4.94. The van der Waals surface area contributed by atoms with Crippen LogP contribution in [0.4, 0.5) is 0 Å². The number of hydrogen-bond donors (Lipinski definition) is 3. The first-order valence-electron chi connectivity index (χ1n) is 10.6. The Balaban J connectivity index is 1.43. The van der Waals surface area contributed by atoms with Gasteiger partial charge in [-0.1, -0.05) is 42.5 Å². The Labute approximate surface area is 182 Å². The smallest absolute Gasteiger partial charge is 0.191 e. The molecular weight excluding hydrogens is 386 g/mol. The summed E-state index contributed by atoms with van der Waals surface area (Å²) < 4.78 is 1.98. The van der Waals surface area contributed by atoms with Crippen LogP contribution in [-0.4, -0.2) is 32.3 Å². The molecule has 0 spiro atoms. The summed E-state index contributed by atoms with van der Waals surface area (Å²) >= 11 is 0. The van der Waals surface area contributed by atoms with Crippen molar-refractivity contribution in [2.24, 2.45) is 12.0 Å². The Kier molecular flexibility index (Phi) is 6.31. The van der Waals surface area contributed by atoms with E-state index < -0.39 is 0 Å². The van der Waals surface area contributed by atoms with E-state index in [1.807, 2.05) is 36.7 Å². The molecule has 0 saturated heterocycles. The minimum atomic E-state index is 0.560. The van der Waals surface area contributed by atoms with E-state index in [0.29, 0.717) is 13.1 Å². The summed E-state index contributed by atoms with van der Waals surface area (Å²) in [7, 11) is 1.97. The van der Waals surface area contributed by atoms with Crippen molar-refractivity contribution < 1.29 is 0 Å². The maximum atomic E-state index is 4.77. The van der Waals surface area contributed by atoms with Crippen molar-refractivity contribution in [2.75, 3.05) is 6.54 Å². The third-order valence-electron chi connectivity index (χ3n) is 5.54. The van der Waals surface area contributed by atoms with Crippen LogP contribution < -0.4 is 10.6 Å². The average molecular weight is 416 g/mol. The molecule has 7 nitrogen and oxygen atoms in total. The lowest BCUT2D eigenvalue weighted by Crippen LogP contribution is -2.38. The van der Waals surface area contributed by atoms with Crippen LogP contribution in [0.2, 0.25) is 0 Å². The van der Waals surface area contributed by atoms with Crippen LogP contribution in [0, 0.1) is 13.8 Å². The van der Waals surface area contributed by atoms with Crippen LogP contribution in [0.15, 0.2) is 59.7 Å². The summed E-state index contributed by atoms with van der Waals surface area (Å²) in [6.45, 7) is 6.05. The number of rotatable bonds is 7. The van der Waals surface area contributed by atoms with Crippen LogP contribution in [0.1, 0.15) is 28.3 Å². The summed E-state index contributed by atoms with van der Waals surface area (Å²) in [6.07, 6.45) is 3.01.